The van der Waals surface area contributed by atoms with Gasteiger partial charge in [-0.1, -0.05) is 18.2 Å². The van der Waals surface area contributed by atoms with Gasteiger partial charge in [0.1, 0.15) is 0 Å². The molecule has 0 aromatic heterocycles. The first-order chi connectivity index (χ1) is 10.8. The van der Waals surface area contributed by atoms with Crippen LogP contribution in [0.4, 0.5) is 11.4 Å². The van der Waals surface area contributed by atoms with Gasteiger partial charge in [0, 0.05) is 6.07 Å². The molecular formula is C15H16N2O5S. The van der Waals surface area contributed by atoms with Crippen molar-refractivity contribution in [3.05, 3.63) is 57.6 Å². The minimum Gasteiger partial charge on any atom is -0.490 e. The van der Waals surface area contributed by atoms with Gasteiger partial charge in [0.25, 0.3) is 10.0 Å². The maximum Gasteiger partial charge on any atom is 0.312 e. The summed E-state index contributed by atoms with van der Waals surface area (Å²) in [5.41, 5.74) is 1.58. The number of aryl methyl sites for hydroxylation is 2. The predicted octanol–water partition coefficient (Wildman–Crippen LogP) is 3.02. The highest BCUT2D eigenvalue weighted by molar-refractivity contribution is 7.92. The number of para-hydroxylation sites is 1. The molecule has 0 radical (unpaired) electrons. The maximum atomic E-state index is 12.5. The number of nitrogens with one attached hydrogen (secondary N) is 1. The van der Waals surface area contributed by atoms with E-state index in [1.165, 1.54) is 19.2 Å². The smallest absolute Gasteiger partial charge is 0.312 e. The third kappa shape index (κ3) is 3.42. The van der Waals surface area contributed by atoms with Crippen molar-refractivity contribution >= 4 is 21.4 Å². The van der Waals surface area contributed by atoms with Crippen LogP contribution < -0.4 is 9.46 Å². The molecule has 0 bridgehead atoms. The molecule has 2 aromatic rings. The van der Waals surface area contributed by atoms with Crippen molar-refractivity contribution in [3.8, 4) is 5.75 Å². The van der Waals surface area contributed by atoms with E-state index < -0.39 is 20.6 Å². The second-order valence-corrected chi connectivity index (χ2v) is 6.65. The van der Waals surface area contributed by atoms with Crippen LogP contribution in [0.25, 0.3) is 0 Å². The van der Waals surface area contributed by atoms with Crippen molar-refractivity contribution in [1.29, 1.82) is 0 Å². The van der Waals surface area contributed by atoms with Crippen molar-refractivity contribution < 1.29 is 18.1 Å². The molecule has 0 spiro atoms. The highest BCUT2D eigenvalue weighted by Gasteiger charge is 2.22. The minimum atomic E-state index is -3.95. The van der Waals surface area contributed by atoms with Crippen LogP contribution in [-0.2, 0) is 10.0 Å². The number of methoxy groups -OCH3 is 1. The first-order valence-electron chi connectivity index (χ1n) is 6.67. The van der Waals surface area contributed by atoms with E-state index in [4.69, 9.17) is 4.74 Å². The summed E-state index contributed by atoms with van der Waals surface area (Å²) >= 11 is 0. The number of ether oxygens (including phenoxy) is 1. The molecule has 0 amide bonds. The molecule has 23 heavy (non-hydrogen) atoms. The van der Waals surface area contributed by atoms with Crippen molar-refractivity contribution in [2.75, 3.05) is 11.8 Å². The van der Waals surface area contributed by atoms with Crippen LogP contribution in [0.5, 0.6) is 5.75 Å². The van der Waals surface area contributed by atoms with Crippen molar-refractivity contribution in [2.24, 2.45) is 0 Å². The topological polar surface area (TPSA) is 98.5 Å². The summed E-state index contributed by atoms with van der Waals surface area (Å²) < 4.78 is 32.4. The van der Waals surface area contributed by atoms with E-state index >= 15 is 0 Å². The minimum absolute atomic E-state index is 0.000947. The Morgan fingerprint density at radius 2 is 1.74 bits per heavy atom. The van der Waals surface area contributed by atoms with Crippen molar-refractivity contribution in [1.82, 2.24) is 0 Å². The lowest BCUT2D eigenvalue weighted by Gasteiger charge is -2.13. The fraction of sp³-hybridized carbons (Fsp3) is 0.200. The number of nitrogens with zero attached hydrogens (tertiary/aromatic N) is 1. The van der Waals surface area contributed by atoms with E-state index in [0.717, 1.165) is 17.2 Å². The van der Waals surface area contributed by atoms with Crippen LogP contribution in [0.1, 0.15) is 11.1 Å². The molecule has 0 atom stereocenters. The third-order valence-electron chi connectivity index (χ3n) is 3.37. The summed E-state index contributed by atoms with van der Waals surface area (Å²) in [4.78, 5) is 10.2. The third-order valence-corrected chi connectivity index (χ3v) is 4.72. The zero-order valence-corrected chi connectivity index (χ0v) is 13.7. The van der Waals surface area contributed by atoms with Crippen LogP contribution in [0.2, 0.25) is 0 Å². The first kappa shape index (κ1) is 16.8. The highest BCUT2D eigenvalue weighted by atomic mass is 32.2. The fourth-order valence-electron chi connectivity index (χ4n) is 2.15. The lowest BCUT2D eigenvalue weighted by molar-refractivity contribution is -0.386. The van der Waals surface area contributed by atoms with Gasteiger partial charge in [0.2, 0.25) is 0 Å². The van der Waals surface area contributed by atoms with Crippen molar-refractivity contribution in [3.63, 3.8) is 0 Å². The standard InChI is InChI=1S/C15H16N2O5S/c1-10-5-4-6-11(2)15(10)16-23(20,21)12-7-8-14(22-3)13(9-12)17(18)19/h4-9,16H,1-3H3. The monoisotopic (exact) mass is 336 g/mol. The number of hydrogen-bond acceptors (Lipinski definition) is 5. The Kier molecular flexibility index (Phi) is 4.55. The maximum absolute atomic E-state index is 12.5. The molecule has 0 unspecified atom stereocenters. The Morgan fingerprint density at radius 1 is 1.13 bits per heavy atom. The van der Waals surface area contributed by atoms with E-state index in [0.29, 0.717) is 5.69 Å². The van der Waals surface area contributed by atoms with E-state index in [9.17, 15) is 18.5 Å². The molecule has 0 saturated heterocycles. The lowest BCUT2D eigenvalue weighted by Crippen LogP contribution is -2.15. The molecular weight excluding hydrogens is 320 g/mol. The molecule has 2 rings (SSSR count). The Bertz CT molecular complexity index is 842. The van der Waals surface area contributed by atoms with Gasteiger partial charge < -0.3 is 4.74 Å². The number of benzene rings is 2. The van der Waals surface area contributed by atoms with Crippen LogP contribution in [0.15, 0.2) is 41.3 Å². The Labute approximate surface area is 134 Å². The number of rotatable bonds is 5. The van der Waals surface area contributed by atoms with Crippen LogP contribution in [-0.4, -0.2) is 20.5 Å². The fourth-order valence-corrected chi connectivity index (χ4v) is 3.37. The summed E-state index contributed by atoms with van der Waals surface area (Å²) in [6.45, 7) is 3.56. The Balaban J connectivity index is 2.48. The van der Waals surface area contributed by atoms with Gasteiger partial charge in [-0.2, -0.15) is 0 Å². The van der Waals surface area contributed by atoms with E-state index in [2.05, 4.69) is 4.72 Å². The summed E-state index contributed by atoms with van der Waals surface area (Å²) in [5, 5.41) is 11.0. The molecule has 0 saturated carbocycles. The zero-order chi connectivity index (χ0) is 17.2. The summed E-state index contributed by atoms with van der Waals surface area (Å²) in [6.07, 6.45) is 0. The van der Waals surface area contributed by atoms with Gasteiger partial charge in [-0.25, -0.2) is 8.42 Å². The van der Waals surface area contributed by atoms with Crippen LogP contribution in [0.3, 0.4) is 0 Å². The molecule has 1 N–H and O–H groups in total. The molecule has 7 nitrogen and oxygen atoms in total. The molecule has 0 aliphatic carbocycles. The van der Waals surface area contributed by atoms with E-state index in [1.807, 2.05) is 6.07 Å². The molecule has 0 fully saturated rings. The van der Waals surface area contributed by atoms with Gasteiger partial charge in [-0.15, -0.1) is 0 Å². The molecule has 8 heteroatoms. The zero-order valence-electron chi connectivity index (χ0n) is 12.9. The van der Waals surface area contributed by atoms with E-state index in [-0.39, 0.29) is 10.6 Å². The quantitative estimate of drug-likeness (QED) is 0.668. The van der Waals surface area contributed by atoms with Gasteiger partial charge >= 0.3 is 5.69 Å². The largest absolute Gasteiger partial charge is 0.490 e. The average molecular weight is 336 g/mol. The SMILES string of the molecule is COc1ccc(S(=O)(=O)Nc2c(C)cccc2C)cc1[N+](=O)[O-]. The highest BCUT2D eigenvalue weighted by Crippen LogP contribution is 2.31. The number of nitro benzene ring substituents is 1. The number of hydrogen-bond donors (Lipinski definition) is 1. The first-order valence-corrected chi connectivity index (χ1v) is 8.16. The Hall–Kier alpha value is -2.61. The van der Waals surface area contributed by atoms with Crippen LogP contribution >= 0.6 is 0 Å². The second-order valence-electron chi connectivity index (χ2n) is 4.96. The predicted molar refractivity (Wildman–Crippen MR) is 86.4 cm³/mol. The number of sulfonamides is 1. The Morgan fingerprint density at radius 3 is 2.26 bits per heavy atom. The summed E-state index contributed by atoms with van der Waals surface area (Å²) in [7, 11) is -2.67. The molecule has 122 valence electrons. The van der Waals surface area contributed by atoms with E-state index in [1.54, 1.807) is 26.0 Å². The molecule has 0 aliphatic heterocycles. The summed E-state index contributed by atoms with van der Waals surface area (Å²) in [6, 6.07) is 8.89. The number of anilines is 1. The summed E-state index contributed by atoms with van der Waals surface area (Å²) in [5.74, 6) is 0.000947. The van der Waals surface area contributed by atoms with Gasteiger partial charge in [-0.3, -0.25) is 14.8 Å². The number of nitro groups is 1. The molecule has 0 aliphatic rings. The average Bonchev–Trinajstić information content (AvgIpc) is 2.50. The normalized spacial score (nSPS) is 11.1. The molecule has 2 aromatic carbocycles. The van der Waals surface area contributed by atoms with Gasteiger partial charge in [0.05, 0.1) is 22.6 Å². The van der Waals surface area contributed by atoms with Crippen LogP contribution in [0, 0.1) is 24.0 Å². The second kappa shape index (κ2) is 6.25. The van der Waals surface area contributed by atoms with Crippen molar-refractivity contribution in [2.45, 2.75) is 18.7 Å². The lowest BCUT2D eigenvalue weighted by atomic mass is 10.1. The van der Waals surface area contributed by atoms with Gasteiger partial charge in [0.15, 0.2) is 5.75 Å². The molecule has 0 heterocycles. The van der Waals surface area contributed by atoms with Gasteiger partial charge in [-0.05, 0) is 37.1 Å².